The monoisotopic (exact) mass is 430 g/mol. The third-order valence-electron chi connectivity index (χ3n) is 5.21. The molecule has 0 radical (unpaired) electrons. The summed E-state index contributed by atoms with van der Waals surface area (Å²) in [6, 6.07) is 11.5. The van der Waals surface area contributed by atoms with Crippen LogP contribution in [0, 0.1) is 0 Å². The van der Waals surface area contributed by atoms with Gasteiger partial charge in [0.1, 0.15) is 35.0 Å². The lowest BCUT2D eigenvalue weighted by Crippen LogP contribution is -2.58. The number of fused-ring (bicyclic) bond motifs is 1. The molecule has 0 spiro atoms. The van der Waals surface area contributed by atoms with Crippen LogP contribution < -0.4 is 14.9 Å². The number of rotatable bonds is 4. The summed E-state index contributed by atoms with van der Waals surface area (Å²) in [5.74, 6) is -0.464. The molecule has 5 atom stereocenters. The smallest absolute Gasteiger partial charge is 0.229 e. The quantitative estimate of drug-likeness (QED) is 0.483. The molecule has 1 saturated heterocycles. The molecule has 4 N–H and O–H groups in total. The fourth-order valence-electron chi connectivity index (χ4n) is 3.54. The van der Waals surface area contributed by atoms with Crippen molar-refractivity contribution in [1.29, 1.82) is 0 Å². The Morgan fingerprint density at radius 2 is 1.68 bits per heavy atom. The van der Waals surface area contributed by atoms with Crippen LogP contribution in [0.3, 0.4) is 0 Å². The van der Waals surface area contributed by atoms with E-state index in [1.807, 2.05) is 6.07 Å². The standard InChI is InChI=1S/C22H22O9/c1-10-17(25)18(26)19(27)22(29-10)31-21-16-12(23)8-14(11-6-4-3-5-7-11)30-15(16)9-13(24)20(21)28-2/h3-10,17-19,22,24-27H,1-2H3/t10-,17-,18+,19+,22-/m0/s1. The van der Waals surface area contributed by atoms with E-state index in [0.29, 0.717) is 5.56 Å². The number of aliphatic hydroxyl groups excluding tert-OH is 3. The molecule has 0 saturated carbocycles. The number of aromatic hydroxyl groups is 1. The van der Waals surface area contributed by atoms with Crippen LogP contribution in [0.5, 0.6) is 17.2 Å². The van der Waals surface area contributed by atoms with Crippen molar-refractivity contribution in [3.05, 3.63) is 52.7 Å². The third kappa shape index (κ3) is 3.72. The van der Waals surface area contributed by atoms with Crippen LogP contribution in [-0.4, -0.2) is 58.2 Å². The van der Waals surface area contributed by atoms with E-state index in [4.69, 9.17) is 18.6 Å². The molecule has 0 amide bonds. The lowest BCUT2D eigenvalue weighted by molar-refractivity contribution is -0.268. The van der Waals surface area contributed by atoms with Crippen LogP contribution >= 0.6 is 0 Å². The minimum absolute atomic E-state index is 0.0265. The zero-order valence-electron chi connectivity index (χ0n) is 16.8. The Morgan fingerprint density at radius 3 is 2.35 bits per heavy atom. The number of hydrogen-bond donors (Lipinski definition) is 4. The highest BCUT2D eigenvalue weighted by Crippen LogP contribution is 2.43. The van der Waals surface area contributed by atoms with E-state index in [9.17, 15) is 25.2 Å². The lowest BCUT2D eigenvalue weighted by atomic mass is 10.00. The van der Waals surface area contributed by atoms with E-state index in [2.05, 4.69) is 0 Å². The van der Waals surface area contributed by atoms with Crippen LogP contribution in [0.2, 0.25) is 0 Å². The average molecular weight is 430 g/mol. The van der Waals surface area contributed by atoms with Crippen molar-refractivity contribution in [1.82, 2.24) is 0 Å². The predicted octanol–water partition coefficient (Wildman–Crippen LogP) is 1.38. The van der Waals surface area contributed by atoms with Crippen LogP contribution in [-0.2, 0) is 4.74 Å². The van der Waals surface area contributed by atoms with Gasteiger partial charge in [-0.2, -0.15) is 0 Å². The predicted molar refractivity (Wildman–Crippen MR) is 109 cm³/mol. The summed E-state index contributed by atoms with van der Waals surface area (Å²) in [5, 5.41) is 40.6. The first-order valence-electron chi connectivity index (χ1n) is 9.61. The summed E-state index contributed by atoms with van der Waals surface area (Å²) in [6.07, 6.45) is -6.79. The van der Waals surface area contributed by atoms with Gasteiger partial charge < -0.3 is 39.1 Å². The van der Waals surface area contributed by atoms with Crippen LogP contribution in [0.1, 0.15) is 6.92 Å². The SMILES string of the molecule is COc1c(O)cc2oc(-c3ccccc3)cc(=O)c2c1O[C@@H]1O[C@@H](C)[C@H](O)[C@@H](O)[C@H]1O. The highest BCUT2D eigenvalue weighted by atomic mass is 16.7. The fourth-order valence-corrected chi connectivity index (χ4v) is 3.54. The summed E-state index contributed by atoms with van der Waals surface area (Å²) < 4.78 is 22.2. The van der Waals surface area contributed by atoms with Crippen molar-refractivity contribution >= 4 is 11.0 Å². The van der Waals surface area contributed by atoms with Crippen molar-refractivity contribution in [3.63, 3.8) is 0 Å². The van der Waals surface area contributed by atoms with Crippen molar-refractivity contribution in [3.8, 4) is 28.6 Å². The van der Waals surface area contributed by atoms with Crippen molar-refractivity contribution < 1.29 is 39.1 Å². The van der Waals surface area contributed by atoms with Crippen molar-refractivity contribution in [2.24, 2.45) is 0 Å². The first-order valence-corrected chi connectivity index (χ1v) is 9.61. The zero-order chi connectivity index (χ0) is 22.3. The Bertz CT molecular complexity index is 1140. The Labute approximate surface area is 176 Å². The summed E-state index contributed by atoms with van der Waals surface area (Å²) in [7, 11) is 1.27. The maximum Gasteiger partial charge on any atom is 0.229 e. The van der Waals surface area contributed by atoms with Gasteiger partial charge in [0.15, 0.2) is 16.9 Å². The van der Waals surface area contributed by atoms with Gasteiger partial charge in [-0.05, 0) is 6.92 Å². The Hall–Kier alpha value is -3.11. The topological polar surface area (TPSA) is 139 Å². The minimum atomic E-state index is -1.62. The number of phenolic OH excluding ortho intramolecular Hbond substituents is 1. The van der Waals surface area contributed by atoms with Gasteiger partial charge in [0.05, 0.1) is 13.2 Å². The molecule has 4 rings (SSSR count). The molecule has 0 bridgehead atoms. The van der Waals surface area contributed by atoms with Gasteiger partial charge in [0, 0.05) is 17.7 Å². The molecule has 2 aromatic carbocycles. The van der Waals surface area contributed by atoms with E-state index in [-0.39, 0.29) is 34.0 Å². The first kappa shape index (κ1) is 21.1. The van der Waals surface area contributed by atoms with Gasteiger partial charge >= 0.3 is 0 Å². The molecule has 3 aromatic rings. The van der Waals surface area contributed by atoms with E-state index in [1.165, 1.54) is 26.2 Å². The maximum absolute atomic E-state index is 13.0. The number of ether oxygens (including phenoxy) is 3. The van der Waals surface area contributed by atoms with Gasteiger partial charge in [-0.1, -0.05) is 30.3 Å². The van der Waals surface area contributed by atoms with Crippen molar-refractivity contribution in [2.75, 3.05) is 7.11 Å². The Balaban J connectivity index is 1.85. The van der Waals surface area contributed by atoms with Crippen molar-refractivity contribution in [2.45, 2.75) is 37.6 Å². The number of hydrogen-bond acceptors (Lipinski definition) is 9. The van der Waals surface area contributed by atoms with E-state index < -0.39 is 36.1 Å². The van der Waals surface area contributed by atoms with Gasteiger partial charge in [-0.15, -0.1) is 0 Å². The number of aliphatic hydroxyl groups is 3. The van der Waals surface area contributed by atoms with Crippen LogP contribution in [0.25, 0.3) is 22.3 Å². The van der Waals surface area contributed by atoms with Gasteiger partial charge in [0.2, 0.25) is 12.0 Å². The molecule has 1 aromatic heterocycles. The second kappa shape index (κ2) is 8.20. The van der Waals surface area contributed by atoms with Gasteiger partial charge in [-0.3, -0.25) is 4.79 Å². The highest BCUT2D eigenvalue weighted by molar-refractivity contribution is 5.90. The summed E-state index contributed by atoms with van der Waals surface area (Å²) >= 11 is 0. The maximum atomic E-state index is 13.0. The number of phenols is 1. The molecular formula is C22H22O9. The summed E-state index contributed by atoms with van der Waals surface area (Å²) in [6.45, 7) is 1.49. The molecule has 0 aliphatic carbocycles. The Kier molecular flexibility index (Phi) is 5.59. The zero-order valence-corrected chi connectivity index (χ0v) is 16.8. The third-order valence-corrected chi connectivity index (χ3v) is 5.21. The fraction of sp³-hybridized carbons (Fsp3) is 0.318. The largest absolute Gasteiger partial charge is 0.504 e. The van der Waals surface area contributed by atoms with Crippen LogP contribution in [0.4, 0.5) is 0 Å². The Morgan fingerprint density at radius 1 is 0.968 bits per heavy atom. The van der Waals surface area contributed by atoms with E-state index >= 15 is 0 Å². The molecular weight excluding hydrogens is 408 g/mol. The van der Waals surface area contributed by atoms with E-state index in [0.717, 1.165) is 0 Å². The van der Waals surface area contributed by atoms with Crippen LogP contribution in [0.15, 0.2) is 51.7 Å². The molecule has 2 heterocycles. The molecule has 9 nitrogen and oxygen atoms in total. The lowest BCUT2D eigenvalue weighted by Gasteiger charge is -2.39. The van der Waals surface area contributed by atoms with Gasteiger partial charge in [0.25, 0.3) is 0 Å². The second-order valence-electron chi connectivity index (χ2n) is 7.27. The minimum Gasteiger partial charge on any atom is -0.504 e. The first-order chi connectivity index (χ1) is 14.8. The number of methoxy groups -OCH3 is 1. The molecule has 1 fully saturated rings. The summed E-state index contributed by atoms with van der Waals surface area (Å²) in [5.41, 5.74) is 0.210. The summed E-state index contributed by atoms with van der Waals surface area (Å²) in [4.78, 5) is 13.0. The average Bonchev–Trinajstić information content (AvgIpc) is 2.76. The molecule has 31 heavy (non-hydrogen) atoms. The molecule has 1 aliphatic heterocycles. The molecule has 0 unspecified atom stereocenters. The second-order valence-corrected chi connectivity index (χ2v) is 7.27. The normalized spacial score (nSPS) is 26.0. The highest BCUT2D eigenvalue weighted by Gasteiger charge is 2.43. The van der Waals surface area contributed by atoms with E-state index in [1.54, 1.807) is 24.3 Å². The molecule has 1 aliphatic rings. The van der Waals surface area contributed by atoms with Gasteiger partial charge in [-0.25, -0.2) is 0 Å². The molecule has 164 valence electrons. The molecule has 9 heteroatoms. The number of benzene rings is 2.